The van der Waals surface area contributed by atoms with Gasteiger partial charge in [0.1, 0.15) is 12.1 Å². The van der Waals surface area contributed by atoms with Gasteiger partial charge in [-0.25, -0.2) is 0 Å². The molecule has 2 fully saturated rings. The molecule has 3 rings (SSSR count). The third-order valence-electron chi connectivity index (χ3n) is 4.09. The minimum atomic E-state index is -0.205. The summed E-state index contributed by atoms with van der Waals surface area (Å²) in [5.41, 5.74) is 0.822. The lowest BCUT2D eigenvalue weighted by molar-refractivity contribution is -0.122. The van der Waals surface area contributed by atoms with Crippen molar-refractivity contribution < 1.29 is 9.59 Å². The molecule has 0 N–H and O–H groups in total. The molecule has 1 saturated carbocycles. The number of nitrogens with zero attached hydrogens (tertiary/aromatic N) is 3. The molecule has 2 aliphatic rings. The van der Waals surface area contributed by atoms with Gasteiger partial charge in [0.25, 0.3) is 0 Å². The zero-order valence-electron chi connectivity index (χ0n) is 10.7. The number of rotatable bonds is 1. The maximum atomic E-state index is 12.3. The Morgan fingerprint density at radius 2 is 1.60 bits per heavy atom. The summed E-state index contributed by atoms with van der Waals surface area (Å²) in [6.45, 7) is 0. The largest absolute Gasteiger partial charge is 0.274 e. The smallest absolute Gasteiger partial charge is 0.237 e. The van der Waals surface area contributed by atoms with Crippen LogP contribution in [0, 0.1) is 34.5 Å². The second-order valence-corrected chi connectivity index (χ2v) is 5.11. The Labute approximate surface area is 116 Å². The van der Waals surface area contributed by atoms with Gasteiger partial charge in [-0.3, -0.25) is 14.5 Å². The fourth-order valence-corrected chi connectivity index (χ4v) is 3.11. The van der Waals surface area contributed by atoms with Crippen LogP contribution in [0.15, 0.2) is 18.2 Å². The zero-order chi connectivity index (χ0) is 14.3. The van der Waals surface area contributed by atoms with Crippen molar-refractivity contribution in [1.82, 2.24) is 0 Å². The van der Waals surface area contributed by atoms with E-state index in [1.807, 2.05) is 12.1 Å². The van der Waals surface area contributed by atoms with Crippen LogP contribution in [0.5, 0.6) is 0 Å². The lowest BCUT2D eigenvalue weighted by atomic mass is 10.00. The van der Waals surface area contributed by atoms with Crippen LogP contribution in [0.25, 0.3) is 0 Å². The number of benzene rings is 1. The number of hydrogen-bond acceptors (Lipinski definition) is 4. The summed E-state index contributed by atoms with van der Waals surface area (Å²) in [6, 6.07) is 8.30. The number of fused-ring (bicyclic) bond motifs is 1. The Balaban J connectivity index is 2.02. The van der Waals surface area contributed by atoms with Crippen LogP contribution >= 0.6 is 0 Å². The predicted molar refractivity (Wildman–Crippen MR) is 69.2 cm³/mol. The number of amides is 2. The summed E-state index contributed by atoms with van der Waals surface area (Å²) >= 11 is 0. The molecule has 0 aromatic heterocycles. The van der Waals surface area contributed by atoms with Crippen molar-refractivity contribution in [1.29, 1.82) is 10.5 Å². The number of carbonyl (C=O) groups excluding carboxylic acids is 2. The number of nitriles is 2. The maximum Gasteiger partial charge on any atom is 0.237 e. The average Bonchev–Trinajstić information content (AvgIpc) is 3.03. The quantitative estimate of drug-likeness (QED) is 0.723. The lowest BCUT2D eigenvalue weighted by Crippen LogP contribution is -2.31. The van der Waals surface area contributed by atoms with E-state index in [0.29, 0.717) is 5.69 Å². The van der Waals surface area contributed by atoms with Crippen molar-refractivity contribution in [3.63, 3.8) is 0 Å². The summed E-state index contributed by atoms with van der Waals surface area (Å²) in [5, 5.41) is 17.9. The van der Waals surface area contributed by atoms with Gasteiger partial charge in [-0.1, -0.05) is 6.42 Å². The normalized spacial score (nSPS) is 24.4. The van der Waals surface area contributed by atoms with E-state index in [1.54, 1.807) is 6.07 Å². The molecule has 0 spiro atoms. The summed E-state index contributed by atoms with van der Waals surface area (Å²) in [5.74, 6) is -0.760. The number of hydrogen-bond donors (Lipinski definition) is 0. The fraction of sp³-hybridized carbons (Fsp3) is 0.333. The minimum absolute atomic E-state index is 0.175. The average molecular weight is 265 g/mol. The van der Waals surface area contributed by atoms with Gasteiger partial charge < -0.3 is 0 Å². The predicted octanol–water partition coefficient (Wildman–Crippen LogP) is 1.72. The first-order valence-electron chi connectivity index (χ1n) is 6.49. The molecule has 0 bridgehead atoms. The first kappa shape index (κ1) is 12.4. The molecule has 1 aromatic rings. The maximum absolute atomic E-state index is 12.3. The first-order valence-corrected chi connectivity index (χ1v) is 6.49. The molecular weight excluding hydrogens is 254 g/mol. The van der Waals surface area contributed by atoms with E-state index in [-0.39, 0.29) is 34.8 Å². The van der Waals surface area contributed by atoms with Crippen LogP contribution in [0.4, 0.5) is 5.69 Å². The highest BCUT2D eigenvalue weighted by Crippen LogP contribution is 2.41. The molecule has 1 saturated heterocycles. The van der Waals surface area contributed by atoms with Crippen molar-refractivity contribution in [2.75, 3.05) is 4.90 Å². The zero-order valence-corrected chi connectivity index (χ0v) is 10.7. The van der Waals surface area contributed by atoms with Crippen molar-refractivity contribution in [3.8, 4) is 12.1 Å². The molecule has 98 valence electrons. The van der Waals surface area contributed by atoms with Crippen molar-refractivity contribution >= 4 is 17.5 Å². The second kappa shape index (κ2) is 4.47. The second-order valence-electron chi connectivity index (χ2n) is 5.11. The molecule has 1 aliphatic carbocycles. The molecule has 1 aliphatic heterocycles. The van der Waals surface area contributed by atoms with Crippen molar-refractivity contribution in [2.24, 2.45) is 11.8 Å². The van der Waals surface area contributed by atoms with Gasteiger partial charge in [-0.15, -0.1) is 0 Å². The molecule has 0 radical (unpaired) electrons. The minimum Gasteiger partial charge on any atom is -0.274 e. The van der Waals surface area contributed by atoms with Crippen molar-refractivity contribution in [3.05, 3.63) is 29.3 Å². The van der Waals surface area contributed by atoms with Crippen LogP contribution in [0.1, 0.15) is 30.4 Å². The van der Waals surface area contributed by atoms with Gasteiger partial charge in [0.05, 0.1) is 28.7 Å². The molecule has 20 heavy (non-hydrogen) atoms. The molecular formula is C15H11N3O2. The van der Waals surface area contributed by atoms with E-state index in [4.69, 9.17) is 10.5 Å². The van der Waals surface area contributed by atoms with Gasteiger partial charge in [-0.05, 0) is 31.0 Å². The highest BCUT2D eigenvalue weighted by Gasteiger charge is 2.50. The van der Waals surface area contributed by atoms with Crippen molar-refractivity contribution in [2.45, 2.75) is 19.3 Å². The Morgan fingerprint density at radius 1 is 1.00 bits per heavy atom. The van der Waals surface area contributed by atoms with E-state index in [9.17, 15) is 9.59 Å². The fourth-order valence-electron chi connectivity index (χ4n) is 3.11. The third kappa shape index (κ3) is 1.60. The van der Waals surface area contributed by atoms with Crippen LogP contribution in [-0.4, -0.2) is 11.8 Å². The molecule has 2 atom stereocenters. The molecule has 2 amide bonds. The topological polar surface area (TPSA) is 85.0 Å². The molecule has 1 aromatic carbocycles. The Kier molecular flexibility index (Phi) is 2.76. The molecule has 2 unspecified atom stereocenters. The Hall–Kier alpha value is -2.66. The van der Waals surface area contributed by atoms with Crippen LogP contribution < -0.4 is 4.90 Å². The van der Waals surface area contributed by atoms with Gasteiger partial charge in [0.2, 0.25) is 11.8 Å². The number of imide groups is 1. The SMILES string of the molecule is N#Cc1ccc(N2C(=O)C3CCCC3C2=O)cc1C#N. The van der Waals surface area contributed by atoms with Gasteiger partial charge >= 0.3 is 0 Å². The highest BCUT2D eigenvalue weighted by atomic mass is 16.2. The van der Waals surface area contributed by atoms with Crippen LogP contribution in [-0.2, 0) is 9.59 Å². The standard InChI is InChI=1S/C15H11N3O2/c16-7-9-4-5-11(6-10(9)8-17)18-14(19)12-2-1-3-13(12)15(18)20/h4-6,12-13H,1-3H2. The van der Waals surface area contributed by atoms with Gasteiger partial charge in [-0.2, -0.15) is 10.5 Å². The monoisotopic (exact) mass is 265 g/mol. The van der Waals surface area contributed by atoms with Crippen LogP contribution in [0.3, 0.4) is 0 Å². The molecule has 5 heteroatoms. The lowest BCUT2D eigenvalue weighted by Gasteiger charge is -2.16. The summed E-state index contributed by atoms with van der Waals surface area (Å²) in [6.07, 6.45) is 2.43. The van der Waals surface area contributed by atoms with Crippen LogP contribution in [0.2, 0.25) is 0 Å². The number of carbonyl (C=O) groups is 2. The van der Waals surface area contributed by atoms with Gasteiger partial charge in [0.15, 0.2) is 0 Å². The van der Waals surface area contributed by atoms with E-state index in [1.165, 1.54) is 17.0 Å². The van der Waals surface area contributed by atoms with Gasteiger partial charge in [0, 0.05) is 0 Å². The highest BCUT2D eigenvalue weighted by molar-refractivity contribution is 6.22. The van der Waals surface area contributed by atoms with E-state index < -0.39 is 0 Å². The van der Waals surface area contributed by atoms with E-state index in [0.717, 1.165) is 19.3 Å². The number of anilines is 1. The first-order chi connectivity index (χ1) is 9.67. The van der Waals surface area contributed by atoms with E-state index >= 15 is 0 Å². The Morgan fingerprint density at radius 3 is 2.15 bits per heavy atom. The Bertz CT molecular complexity index is 674. The summed E-state index contributed by atoms with van der Waals surface area (Å²) in [4.78, 5) is 25.8. The molecule has 1 heterocycles. The third-order valence-corrected chi connectivity index (χ3v) is 4.09. The summed E-state index contributed by atoms with van der Waals surface area (Å²) < 4.78 is 0. The van der Waals surface area contributed by atoms with E-state index in [2.05, 4.69) is 0 Å². The molecule has 5 nitrogen and oxygen atoms in total. The summed E-state index contributed by atoms with van der Waals surface area (Å²) in [7, 11) is 0.